The first-order valence-corrected chi connectivity index (χ1v) is 9.72. The molecule has 0 spiro atoms. The molecule has 1 aliphatic rings. The van der Waals surface area contributed by atoms with Crippen LogP contribution in [0.3, 0.4) is 0 Å². The molecule has 158 valence electrons. The molecule has 6 nitrogen and oxygen atoms in total. The van der Waals surface area contributed by atoms with Crippen molar-refractivity contribution in [3.8, 4) is 11.5 Å². The third kappa shape index (κ3) is 5.59. The molecule has 30 heavy (non-hydrogen) atoms. The zero-order valence-corrected chi connectivity index (χ0v) is 16.9. The van der Waals surface area contributed by atoms with Gasteiger partial charge in [0, 0.05) is 11.6 Å². The van der Waals surface area contributed by atoms with E-state index in [2.05, 4.69) is 5.32 Å². The van der Waals surface area contributed by atoms with E-state index < -0.39 is 24.3 Å². The van der Waals surface area contributed by atoms with Gasteiger partial charge in [-0.15, -0.1) is 0 Å². The lowest BCUT2D eigenvalue weighted by Gasteiger charge is -2.25. The molecule has 1 aliphatic heterocycles. The minimum absolute atomic E-state index is 0.0909. The lowest BCUT2D eigenvalue weighted by molar-refractivity contribution is -0.144. The number of rotatable bonds is 7. The number of hydrogen-bond acceptors (Lipinski definition) is 5. The van der Waals surface area contributed by atoms with Crippen LogP contribution in [0.4, 0.5) is 4.39 Å². The van der Waals surface area contributed by atoms with Crippen molar-refractivity contribution in [1.82, 2.24) is 5.32 Å². The molecule has 1 heterocycles. The molecule has 2 aromatic rings. The minimum Gasteiger partial charge on any atom is -0.486 e. The number of amides is 1. The van der Waals surface area contributed by atoms with Gasteiger partial charge < -0.3 is 19.5 Å². The molecule has 7 heteroatoms. The molecule has 0 aromatic heterocycles. The van der Waals surface area contributed by atoms with Crippen molar-refractivity contribution >= 4 is 18.0 Å². The van der Waals surface area contributed by atoms with Crippen molar-refractivity contribution < 1.29 is 28.2 Å². The quantitative estimate of drug-likeness (QED) is 0.554. The third-order valence-corrected chi connectivity index (χ3v) is 4.56. The van der Waals surface area contributed by atoms with Crippen LogP contribution in [-0.2, 0) is 14.3 Å². The number of fused-ring (bicyclic) bond motifs is 1. The molecule has 3 rings (SSSR count). The van der Waals surface area contributed by atoms with Crippen molar-refractivity contribution in [3.05, 3.63) is 65.5 Å². The third-order valence-electron chi connectivity index (χ3n) is 4.56. The Morgan fingerprint density at radius 1 is 1.13 bits per heavy atom. The van der Waals surface area contributed by atoms with Gasteiger partial charge >= 0.3 is 5.97 Å². The number of nitrogens with one attached hydrogen (secondary N) is 1. The van der Waals surface area contributed by atoms with Crippen molar-refractivity contribution in [2.45, 2.75) is 19.9 Å². The van der Waals surface area contributed by atoms with Crippen molar-refractivity contribution in [2.24, 2.45) is 5.92 Å². The number of carbonyl (C=O) groups is 2. The predicted molar refractivity (Wildman–Crippen MR) is 110 cm³/mol. The van der Waals surface area contributed by atoms with E-state index in [9.17, 15) is 14.0 Å². The van der Waals surface area contributed by atoms with Gasteiger partial charge in [0.25, 0.3) is 5.91 Å². The molecule has 0 radical (unpaired) electrons. The number of hydrogen-bond donors (Lipinski definition) is 1. The van der Waals surface area contributed by atoms with Crippen molar-refractivity contribution in [2.75, 3.05) is 19.8 Å². The first-order chi connectivity index (χ1) is 14.4. The van der Waals surface area contributed by atoms with Crippen LogP contribution in [0, 0.1) is 11.7 Å². The smallest absolute Gasteiger partial charge is 0.331 e. The monoisotopic (exact) mass is 413 g/mol. The normalized spacial score (nSPS) is 13.9. The van der Waals surface area contributed by atoms with E-state index >= 15 is 0 Å². The number of halogens is 1. The van der Waals surface area contributed by atoms with Gasteiger partial charge in [0.1, 0.15) is 19.0 Å². The van der Waals surface area contributed by atoms with Gasteiger partial charge in [-0.3, -0.25) is 4.79 Å². The highest BCUT2D eigenvalue weighted by Gasteiger charge is 2.21. The molecule has 2 aromatic carbocycles. The lowest BCUT2D eigenvalue weighted by Crippen LogP contribution is -2.35. The summed E-state index contributed by atoms with van der Waals surface area (Å²) in [6, 6.07) is 11.3. The van der Waals surface area contributed by atoms with Gasteiger partial charge in [-0.1, -0.05) is 38.1 Å². The van der Waals surface area contributed by atoms with E-state index in [0.717, 1.165) is 11.6 Å². The largest absolute Gasteiger partial charge is 0.486 e. The minimum atomic E-state index is -0.728. The SMILES string of the molecule is CC(C)[C@@H](NC(=O)COC(=O)/C=C/c1ccccc1F)c1ccc2c(c1)OCCO2. The van der Waals surface area contributed by atoms with Crippen LogP contribution in [0.5, 0.6) is 11.5 Å². The average molecular weight is 413 g/mol. The van der Waals surface area contributed by atoms with Gasteiger partial charge in [0.05, 0.1) is 6.04 Å². The zero-order valence-electron chi connectivity index (χ0n) is 16.9. The maximum atomic E-state index is 13.6. The molecule has 1 N–H and O–H groups in total. The molecule has 0 fully saturated rings. The van der Waals surface area contributed by atoms with Crippen LogP contribution >= 0.6 is 0 Å². The highest BCUT2D eigenvalue weighted by Crippen LogP contribution is 2.34. The fourth-order valence-electron chi connectivity index (χ4n) is 3.06. The second-order valence-electron chi connectivity index (χ2n) is 7.15. The van der Waals surface area contributed by atoms with E-state index in [-0.39, 0.29) is 17.5 Å². The number of esters is 1. The first-order valence-electron chi connectivity index (χ1n) is 9.72. The zero-order chi connectivity index (χ0) is 21.5. The fourth-order valence-corrected chi connectivity index (χ4v) is 3.06. The fraction of sp³-hybridized carbons (Fsp3) is 0.304. The van der Waals surface area contributed by atoms with E-state index in [1.54, 1.807) is 12.1 Å². The second kappa shape index (κ2) is 9.91. The summed E-state index contributed by atoms with van der Waals surface area (Å²) < 4.78 is 29.7. The number of carbonyl (C=O) groups excluding carboxylic acids is 2. The Balaban J connectivity index is 1.57. The van der Waals surface area contributed by atoms with Crippen LogP contribution in [-0.4, -0.2) is 31.7 Å². The molecule has 0 aliphatic carbocycles. The molecule has 0 saturated carbocycles. The van der Waals surface area contributed by atoms with Crippen molar-refractivity contribution in [1.29, 1.82) is 0 Å². The highest BCUT2D eigenvalue weighted by molar-refractivity contribution is 5.89. The highest BCUT2D eigenvalue weighted by atomic mass is 19.1. The van der Waals surface area contributed by atoms with E-state index in [4.69, 9.17) is 14.2 Å². The maximum absolute atomic E-state index is 13.6. The van der Waals surface area contributed by atoms with Gasteiger partial charge in [-0.05, 0) is 35.8 Å². The van der Waals surface area contributed by atoms with Crippen LogP contribution in [0.1, 0.15) is 31.0 Å². The predicted octanol–water partition coefficient (Wildman–Crippen LogP) is 3.67. The molecule has 1 amide bonds. The van der Waals surface area contributed by atoms with Gasteiger partial charge in [-0.2, -0.15) is 0 Å². The van der Waals surface area contributed by atoms with E-state index in [0.29, 0.717) is 24.7 Å². The lowest BCUT2D eigenvalue weighted by atomic mass is 9.95. The van der Waals surface area contributed by atoms with Gasteiger partial charge in [-0.25, -0.2) is 9.18 Å². The Labute approximate surface area is 174 Å². The summed E-state index contributed by atoms with van der Waals surface area (Å²) in [4.78, 5) is 24.2. The maximum Gasteiger partial charge on any atom is 0.331 e. The molecular formula is C23H24FNO5. The summed E-state index contributed by atoms with van der Waals surface area (Å²) in [5.74, 6) is -0.200. The summed E-state index contributed by atoms with van der Waals surface area (Å²) in [6.45, 7) is 4.50. The summed E-state index contributed by atoms with van der Waals surface area (Å²) in [5, 5.41) is 2.88. The first kappa shape index (κ1) is 21.4. The number of ether oxygens (including phenoxy) is 3. The van der Waals surface area contributed by atoms with Crippen LogP contribution in [0.25, 0.3) is 6.08 Å². The Morgan fingerprint density at radius 3 is 2.60 bits per heavy atom. The molecule has 1 atom stereocenters. The molecule has 0 bridgehead atoms. The Morgan fingerprint density at radius 2 is 1.87 bits per heavy atom. The number of benzene rings is 2. The van der Waals surface area contributed by atoms with Crippen molar-refractivity contribution in [3.63, 3.8) is 0 Å². The van der Waals surface area contributed by atoms with Gasteiger partial charge in [0.15, 0.2) is 18.1 Å². The summed E-state index contributed by atoms with van der Waals surface area (Å²) >= 11 is 0. The van der Waals surface area contributed by atoms with E-state index in [1.165, 1.54) is 18.2 Å². The Hall–Kier alpha value is -3.35. The molecule has 0 unspecified atom stereocenters. The van der Waals surface area contributed by atoms with E-state index in [1.807, 2.05) is 32.0 Å². The Kier molecular flexibility index (Phi) is 7.06. The topological polar surface area (TPSA) is 73.9 Å². The standard InChI is InChI=1S/C23H24FNO5/c1-15(2)23(17-7-9-19-20(13-17)29-12-11-28-19)25-21(26)14-30-22(27)10-8-16-5-3-4-6-18(16)24/h3-10,13,15,23H,11-12,14H2,1-2H3,(H,25,26)/b10-8+/t23-/m1/s1. The van der Waals surface area contributed by atoms with Gasteiger partial charge in [0.2, 0.25) is 0 Å². The van der Waals surface area contributed by atoms with Crippen LogP contribution in [0.2, 0.25) is 0 Å². The summed E-state index contributed by atoms with van der Waals surface area (Å²) in [7, 11) is 0. The molecule has 0 saturated heterocycles. The Bertz CT molecular complexity index is 941. The van der Waals surface area contributed by atoms with Crippen LogP contribution < -0.4 is 14.8 Å². The molecular weight excluding hydrogens is 389 g/mol. The summed E-state index contributed by atoms with van der Waals surface area (Å²) in [5.41, 5.74) is 1.13. The second-order valence-corrected chi connectivity index (χ2v) is 7.15. The average Bonchev–Trinajstić information content (AvgIpc) is 2.75. The summed E-state index contributed by atoms with van der Waals surface area (Å²) in [6.07, 6.45) is 2.40. The van der Waals surface area contributed by atoms with Crippen LogP contribution in [0.15, 0.2) is 48.5 Å².